The second kappa shape index (κ2) is 6.43. The molecule has 2 rings (SSSR count). The van der Waals surface area contributed by atoms with E-state index in [1.807, 2.05) is 12.1 Å². The van der Waals surface area contributed by atoms with Crippen molar-refractivity contribution < 1.29 is 4.74 Å². The number of ether oxygens (including phenoxy) is 1. The summed E-state index contributed by atoms with van der Waals surface area (Å²) in [4.78, 5) is 3.99. The molecule has 1 heterocycles. The second-order valence-electron chi connectivity index (χ2n) is 4.48. The van der Waals surface area contributed by atoms with Gasteiger partial charge in [0.15, 0.2) is 0 Å². The number of halogens is 2. The molecule has 0 radical (unpaired) electrons. The van der Waals surface area contributed by atoms with Crippen molar-refractivity contribution in [1.82, 2.24) is 4.98 Å². The minimum Gasteiger partial charge on any atom is -0.492 e. The molecule has 1 fully saturated rings. The van der Waals surface area contributed by atoms with Crippen molar-refractivity contribution in [2.75, 3.05) is 6.61 Å². The quantitative estimate of drug-likeness (QED) is 0.921. The van der Waals surface area contributed by atoms with Gasteiger partial charge in [-0.2, -0.15) is 0 Å². The third-order valence-electron chi connectivity index (χ3n) is 3.77. The molecule has 0 aromatic carbocycles. The highest BCUT2D eigenvalue weighted by atomic mass is 35.5. The summed E-state index contributed by atoms with van der Waals surface area (Å²) in [7, 11) is 0. The summed E-state index contributed by atoms with van der Waals surface area (Å²) in [5.41, 5.74) is 6.20. The van der Waals surface area contributed by atoms with E-state index in [1.165, 1.54) is 0 Å². The molecule has 2 unspecified atom stereocenters. The molecule has 0 bridgehead atoms. The first kappa shape index (κ1) is 16.5. The Bertz CT molecular complexity index is 327. The maximum Gasteiger partial charge on any atom is 0.137 e. The van der Waals surface area contributed by atoms with Crippen molar-refractivity contribution in [3.8, 4) is 5.75 Å². The van der Waals surface area contributed by atoms with Gasteiger partial charge in [-0.3, -0.25) is 4.98 Å². The largest absolute Gasteiger partial charge is 0.492 e. The van der Waals surface area contributed by atoms with Gasteiger partial charge >= 0.3 is 0 Å². The molecule has 2 atom stereocenters. The molecule has 1 aromatic rings. The molecule has 0 aliphatic heterocycles. The van der Waals surface area contributed by atoms with Crippen LogP contribution in [0.3, 0.4) is 0 Å². The third kappa shape index (κ3) is 3.47. The van der Waals surface area contributed by atoms with Crippen molar-refractivity contribution in [2.45, 2.75) is 25.8 Å². The Morgan fingerprint density at radius 2 is 2.00 bits per heavy atom. The normalized spacial score (nSPS) is 29.8. The van der Waals surface area contributed by atoms with Gasteiger partial charge in [-0.15, -0.1) is 24.8 Å². The highest BCUT2D eigenvalue weighted by molar-refractivity contribution is 5.85. The smallest absolute Gasteiger partial charge is 0.137 e. The molecule has 1 aliphatic carbocycles. The molecule has 17 heavy (non-hydrogen) atoms. The van der Waals surface area contributed by atoms with Crippen LogP contribution in [0.5, 0.6) is 5.75 Å². The Labute approximate surface area is 115 Å². The Balaban J connectivity index is 0.00000128. The maximum atomic E-state index is 6.20. The van der Waals surface area contributed by atoms with Crippen molar-refractivity contribution in [3.05, 3.63) is 24.5 Å². The summed E-state index contributed by atoms with van der Waals surface area (Å²) in [6, 6.07) is 3.78. The monoisotopic (exact) mass is 278 g/mol. The van der Waals surface area contributed by atoms with E-state index in [1.54, 1.807) is 12.4 Å². The Kier molecular flexibility index (Phi) is 6.24. The Morgan fingerprint density at radius 1 is 1.35 bits per heavy atom. The SMILES string of the molecule is CC1C(C)C1(N)CCOc1cccnc1.Cl.Cl. The molecule has 2 N–H and O–H groups in total. The van der Waals surface area contributed by atoms with E-state index < -0.39 is 0 Å². The van der Waals surface area contributed by atoms with E-state index in [2.05, 4.69) is 18.8 Å². The van der Waals surface area contributed by atoms with E-state index >= 15 is 0 Å². The van der Waals surface area contributed by atoms with E-state index in [9.17, 15) is 0 Å². The van der Waals surface area contributed by atoms with Crippen LogP contribution in [0.2, 0.25) is 0 Å². The van der Waals surface area contributed by atoms with Gasteiger partial charge < -0.3 is 10.5 Å². The Hall–Kier alpha value is -0.510. The van der Waals surface area contributed by atoms with Gasteiger partial charge in [0, 0.05) is 11.7 Å². The van der Waals surface area contributed by atoms with Crippen molar-refractivity contribution in [1.29, 1.82) is 0 Å². The van der Waals surface area contributed by atoms with Crippen LogP contribution in [0.25, 0.3) is 0 Å². The number of hydrogen-bond donors (Lipinski definition) is 1. The fourth-order valence-electron chi connectivity index (χ4n) is 2.13. The topological polar surface area (TPSA) is 48.1 Å². The summed E-state index contributed by atoms with van der Waals surface area (Å²) >= 11 is 0. The fraction of sp³-hybridized carbons (Fsp3) is 0.583. The van der Waals surface area contributed by atoms with Crippen LogP contribution in [-0.4, -0.2) is 17.1 Å². The number of nitrogens with two attached hydrogens (primary N) is 1. The number of aromatic nitrogens is 1. The Morgan fingerprint density at radius 3 is 2.47 bits per heavy atom. The average Bonchev–Trinajstić information content (AvgIpc) is 2.72. The summed E-state index contributed by atoms with van der Waals surface area (Å²) in [6.07, 6.45) is 4.38. The summed E-state index contributed by atoms with van der Waals surface area (Å²) in [6.45, 7) is 5.08. The van der Waals surface area contributed by atoms with Crippen LogP contribution in [0.4, 0.5) is 0 Å². The average molecular weight is 279 g/mol. The molecule has 0 spiro atoms. The molecule has 1 aliphatic rings. The van der Waals surface area contributed by atoms with E-state index in [4.69, 9.17) is 10.5 Å². The fourth-order valence-corrected chi connectivity index (χ4v) is 2.13. The van der Waals surface area contributed by atoms with E-state index in [0.29, 0.717) is 18.4 Å². The van der Waals surface area contributed by atoms with Gasteiger partial charge in [0.25, 0.3) is 0 Å². The van der Waals surface area contributed by atoms with Crippen LogP contribution in [0, 0.1) is 11.8 Å². The van der Waals surface area contributed by atoms with Gasteiger partial charge in [0.2, 0.25) is 0 Å². The second-order valence-corrected chi connectivity index (χ2v) is 4.48. The molecule has 3 nitrogen and oxygen atoms in total. The summed E-state index contributed by atoms with van der Waals surface area (Å²) < 4.78 is 5.58. The molecule has 1 saturated carbocycles. The maximum absolute atomic E-state index is 6.20. The molecule has 98 valence electrons. The van der Waals surface area contributed by atoms with Crippen LogP contribution in [0.1, 0.15) is 20.3 Å². The zero-order valence-corrected chi connectivity index (χ0v) is 11.8. The predicted octanol–water partition coefficient (Wildman–Crippen LogP) is 2.68. The van der Waals surface area contributed by atoms with Crippen molar-refractivity contribution in [3.63, 3.8) is 0 Å². The molecule has 0 saturated heterocycles. The molecule has 1 aromatic heterocycles. The standard InChI is InChI=1S/C12H18N2O.2ClH/c1-9-10(2)12(9,13)5-7-15-11-4-3-6-14-8-11;;/h3-4,6,8-10H,5,7,13H2,1-2H3;2*1H. The number of hydrogen-bond acceptors (Lipinski definition) is 3. The van der Waals surface area contributed by atoms with Gasteiger partial charge in [-0.25, -0.2) is 0 Å². The van der Waals surface area contributed by atoms with E-state index in [-0.39, 0.29) is 30.4 Å². The lowest BCUT2D eigenvalue weighted by Crippen LogP contribution is -2.28. The van der Waals surface area contributed by atoms with Crippen molar-refractivity contribution in [2.24, 2.45) is 17.6 Å². The predicted molar refractivity (Wildman–Crippen MR) is 74.1 cm³/mol. The number of rotatable bonds is 4. The highest BCUT2D eigenvalue weighted by Gasteiger charge is 2.55. The number of pyridine rings is 1. The van der Waals surface area contributed by atoms with Gasteiger partial charge in [0.1, 0.15) is 5.75 Å². The first-order chi connectivity index (χ1) is 7.14. The third-order valence-corrected chi connectivity index (χ3v) is 3.77. The summed E-state index contributed by atoms with van der Waals surface area (Å²) in [5.74, 6) is 2.06. The minimum absolute atomic E-state index is 0. The molecular formula is C12H20Cl2N2O. The highest BCUT2D eigenvalue weighted by Crippen LogP contribution is 2.49. The van der Waals surface area contributed by atoms with Crippen LogP contribution in [0.15, 0.2) is 24.5 Å². The van der Waals surface area contributed by atoms with Gasteiger partial charge in [-0.1, -0.05) is 13.8 Å². The van der Waals surface area contributed by atoms with Gasteiger partial charge in [-0.05, 0) is 30.4 Å². The molecule has 5 heteroatoms. The first-order valence-electron chi connectivity index (χ1n) is 5.46. The lowest BCUT2D eigenvalue weighted by molar-refractivity contribution is 0.285. The number of nitrogens with zero attached hydrogens (tertiary/aromatic N) is 1. The summed E-state index contributed by atoms with van der Waals surface area (Å²) in [5, 5.41) is 0. The zero-order chi connectivity index (χ0) is 10.9. The van der Waals surface area contributed by atoms with Crippen LogP contribution in [-0.2, 0) is 0 Å². The lowest BCUT2D eigenvalue weighted by Gasteiger charge is -2.11. The first-order valence-corrected chi connectivity index (χ1v) is 5.46. The minimum atomic E-state index is 0. The molecular weight excluding hydrogens is 259 g/mol. The molecule has 0 amide bonds. The van der Waals surface area contributed by atoms with E-state index in [0.717, 1.165) is 12.2 Å². The van der Waals surface area contributed by atoms with Gasteiger partial charge in [0.05, 0.1) is 12.8 Å². The zero-order valence-electron chi connectivity index (χ0n) is 10.1. The van der Waals surface area contributed by atoms with Crippen molar-refractivity contribution >= 4 is 24.8 Å². The van der Waals surface area contributed by atoms with Crippen LogP contribution < -0.4 is 10.5 Å². The lowest BCUT2D eigenvalue weighted by atomic mass is 10.1. The van der Waals surface area contributed by atoms with Crippen LogP contribution >= 0.6 is 24.8 Å².